The van der Waals surface area contributed by atoms with Gasteiger partial charge in [0.1, 0.15) is 5.75 Å². The van der Waals surface area contributed by atoms with Gasteiger partial charge in [0.15, 0.2) is 15.7 Å². The van der Waals surface area contributed by atoms with Crippen LogP contribution >= 0.6 is 12.4 Å². The number of piperidine rings is 1. The number of hydrogen-bond donors (Lipinski definition) is 2. The Bertz CT molecular complexity index is 656. The Morgan fingerprint density at radius 3 is 2.64 bits per heavy atom. The Kier molecular flexibility index (Phi) is 8.81. The molecule has 0 aliphatic carbocycles. The van der Waals surface area contributed by atoms with E-state index in [-0.39, 0.29) is 24.1 Å². The van der Waals surface area contributed by atoms with Gasteiger partial charge in [0.2, 0.25) is 11.9 Å². The fourth-order valence-corrected chi connectivity index (χ4v) is 4.03. The number of sulfone groups is 1. The first-order chi connectivity index (χ1) is 11.4. The lowest BCUT2D eigenvalue weighted by atomic mass is 9.98. The van der Waals surface area contributed by atoms with Gasteiger partial charge in [0.25, 0.3) is 0 Å². The molecular weight excluding hydrogens is 366 g/mol. The minimum absolute atomic E-state index is 0. The molecule has 10 heteroatoms. The van der Waals surface area contributed by atoms with Crippen LogP contribution in [0.25, 0.3) is 0 Å². The maximum Gasteiger partial charge on any atom is 0.241 e. The van der Waals surface area contributed by atoms with E-state index >= 15 is 0 Å². The summed E-state index contributed by atoms with van der Waals surface area (Å²) in [5.74, 6) is 0.275. The third-order valence-corrected chi connectivity index (χ3v) is 5.76. The quantitative estimate of drug-likeness (QED) is 0.644. The van der Waals surface area contributed by atoms with Crippen molar-refractivity contribution in [2.45, 2.75) is 44.9 Å². The van der Waals surface area contributed by atoms with Crippen LogP contribution in [-0.4, -0.2) is 53.7 Å². The molecule has 2 heterocycles. The molecule has 144 valence electrons. The second-order valence-corrected chi connectivity index (χ2v) is 8.47. The number of rotatable bonds is 8. The minimum atomic E-state index is -3.38. The van der Waals surface area contributed by atoms with Crippen molar-refractivity contribution in [2.24, 2.45) is 7.05 Å². The monoisotopic (exact) mass is 393 g/mol. The molecular formula is C15H28ClN5O3S. The number of anilines is 1. The van der Waals surface area contributed by atoms with Crippen LogP contribution in [0.2, 0.25) is 0 Å². The van der Waals surface area contributed by atoms with Gasteiger partial charge in [-0.25, -0.2) is 13.1 Å². The van der Waals surface area contributed by atoms with Gasteiger partial charge in [-0.2, -0.15) is 10.1 Å². The summed E-state index contributed by atoms with van der Waals surface area (Å²) in [5, 5.41) is 10.2. The van der Waals surface area contributed by atoms with Crippen molar-refractivity contribution in [3.05, 3.63) is 5.82 Å². The van der Waals surface area contributed by atoms with Gasteiger partial charge in [-0.1, -0.05) is 19.8 Å². The molecule has 0 atom stereocenters. The summed E-state index contributed by atoms with van der Waals surface area (Å²) in [6.07, 6.45) is 4.31. The number of hydrogen-bond acceptors (Lipinski definition) is 6. The van der Waals surface area contributed by atoms with Crippen molar-refractivity contribution in [2.75, 3.05) is 29.9 Å². The van der Waals surface area contributed by atoms with Crippen LogP contribution in [0.15, 0.2) is 0 Å². The average molecular weight is 394 g/mol. The van der Waals surface area contributed by atoms with Gasteiger partial charge in [-0.15, -0.1) is 12.4 Å². The Hall–Kier alpha value is -1.19. The first kappa shape index (κ1) is 21.9. The standard InChI is InChI=1S/C15H27N5O3S.ClH/c1-3-4-5-10-24(22,23)11-13(21)17-15-18-14(19-20(15)2)12-6-8-16-9-7-12;/h12,16H,3-11H2,1-2H3,(H,17,18,19,21);1H. The second kappa shape index (κ2) is 10.1. The molecule has 1 saturated heterocycles. The molecule has 1 aliphatic heterocycles. The molecule has 0 unspecified atom stereocenters. The Balaban J connectivity index is 0.00000312. The maximum absolute atomic E-state index is 12.0. The SMILES string of the molecule is CCCCCS(=O)(=O)CC(=O)Nc1nc(C2CCNCC2)nn1C.Cl. The molecule has 2 N–H and O–H groups in total. The molecule has 0 saturated carbocycles. The molecule has 2 rings (SSSR count). The number of carbonyl (C=O) groups excluding carboxylic acids is 1. The lowest BCUT2D eigenvalue weighted by Gasteiger charge is -2.19. The van der Waals surface area contributed by atoms with Gasteiger partial charge >= 0.3 is 0 Å². The highest BCUT2D eigenvalue weighted by Crippen LogP contribution is 2.23. The van der Waals surface area contributed by atoms with E-state index in [1.165, 1.54) is 4.68 Å². The number of amides is 1. The number of aryl methyl sites for hydroxylation is 1. The number of nitrogens with zero attached hydrogens (tertiary/aromatic N) is 3. The molecule has 0 aromatic carbocycles. The fraction of sp³-hybridized carbons (Fsp3) is 0.800. The number of halogens is 1. The summed E-state index contributed by atoms with van der Waals surface area (Å²) >= 11 is 0. The molecule has 1 amide bonds. The summed E-state index contributed by atoms with van der Waals surface area (Å²) in [6, 6.07) is 0. The number of carbonyl (C=O) groups is 1. The molecule has 1 fully saturated rings. The minimum Gasteiger partial charge on any atom is -0.317 e. The third kappa shape index (κ3) is 6.91. The topological polar surface area (TPSA) is 106 Å². The average Bonchev–Trinajstić information content (AvgIpc) is 2.88. The first-order valence-corrected chi connectivity index (χ1v) is 10.4. The van der Waals surface area contributed by atoms with Crippen molar-refractivity contribution < 1.29 is 13.2 Å². The van der Waals surface area contributed by atoms with E-state index in [0.717, 1.165) is 38.8 Å². The first-order valence-electron chi connectivity index (χ1n) is 8.53. The van der Waals surface area contributed by atoms with Crippen molar-refractivity contribution in [3.8, 4) is 0 Å². The largest absolute Gasteiger partial charge is 0.317 e. The number of nitrogens with one attached hydrogen (secondary N) is 2. The van der Waals surface area contributed by atoms with Crippen LogP contribution in [0.5, 0.6) is 0 Å². The number of unbranched alkanes of at least 4 members (excludes halogenated alkanes) is 2. The molecule has 25 heavy (non-hydrogen) atoms. The van der Waals surface area contributed by atoms with Gasteiger partial charge in [-0.05, 0) is 32.4 Å². The van der Waals surface area contributed by atoms with Crippen molar-refractivity contribution in [3.63, 3.8) is 0 Å². The van der Waals surface area contributed by atoms with Gasteiger partial charge < -0.3 is 5.32 Å². The highest BCUT2D eigenvalue weighted by atomic mass is 35.5. The van der Waals surface area contributed by atoms with Crippen molar-refractivity contribution in [1.29, 1.82) is 0 Å². The van der Waals surface area contributed by atoms with E-state index < -0.39 is 21.5 Å². The van der Waals surface area contributed by atoms with Crippen molar-refractivity contribution >= 4 is 34.1 Å². The molecule has 0 bridgehead atoms. The normalized spacial score (nSPS) is 15.6. The molecule has 0 radical (unpaired) electrons. The fourth-order valence-electron chi connectivity index (χ4n) is 2.77. The maximum atomic E-state index is 12.0. The van der Waals surface area contributed by atoms with Crippen molar-refractivity contribution in [1.82, 2.24) is 20.1 Å². The van der Waals surface area contributed by atoms with Crippen LogP contribution in [0.4, 0.5) is 5.95 Å². The predicted octanol–water partition coefficient (Wildman–Crippen LogP) is 1.25. The van der Waals surface area contributed by atoms with Crippen LogP contribution in [-0.2, 0) is 21.7 Å². The summed E-state index contributed by atoms with van der Waals surface area (Å²) < 4.78 is 25.4. The van der Waals surface area contributed by atoms with E-state index in [1.807, 2.05) is 6.92 Å². The van der Waals surface area contributed by atoms with E-state index in [4.69, 9.17) is 0 Å². The predicted molar refractivity (Wildman–Crippen MR) is 99.9 cm³/mol. The highest BCUT2D eigenvalue weighted by molar-refractivity contribution is 7.92. The van der Waals surface area contributed by atoms with Crippen LogP contribution in [0.1, 0.15) is 50.8 Å². The third-order valence-electron chi connectivity index (χ3n) is 4.14. The van der Waals surface area contributed by atoms with Crippen LogP contribution < -0.4 is 10.6 Å². The summed E-state index contributed by atoms with van der Waals surface area (Å²) in [6.45, 7) is 3.87. The van der Waals surface area contributed by atoms with Crippen LogP contribution in [0, 0.1) is 0 Å². The van der Waals surface area contributed by atoms with Crippen LogP contribution in [0.3, 0.4) is 0 Å². The smallest absolute Gasteiger partial charge is 0.241 e. The number of aromatic nitrogens is 3. The second-order valence-electron chi connectivity index (χ2n) is 6.29. The zero-order chi connectivity index (χ0) is 17.6. The van der Waals surface area contributed by atoms with E-state index in [1.54, 1.807) is 7.05 Å². The molecule has 0 spiro atoms. The summed E-state index contributed by atoms with van der Waals surface area (Å²) in [5.41, 5.74) is 0. The lowest BCUT2D eigenvalue weighted by Crippen LogP contribution is -2.27. The van der Waals surface area contributed by atoms with Gasteiger partial charge in [0.05, 0.1) is 5.75 Å². The molecule has 8 nitrogen and oxygen atoms in total. The Morgan fingerprint density at radius 2 is 2.00 bits per heavy atom. The van der Waals surface area contributed by atoms with E-state index in [9.17, 15) is 13.2 Å². The summed E-state index contributed by atoms with van der Waals surface area (Å²) in [7, 11) is -1.68. The summed E-state index contributed by atoms with van der Waals surface area (Å²) in [4.78, 5) is 16.4. The molecule has 1 aromatic rings. The van der Waals surface area contributed by atoms with E-state index in [0.29, 0.717) is 18.2 Å². The zero-order valence-corrected chi connectivity index (χ0v) is 16.5. The highest BCUT2D eigenvalue weighted by Gasteiger charge is 2.22. The zero-order valence-electron chi connectivity index (χ0n) is 14.8. The molecule has 1 aliphatic rings. The Labute approximate surface area is 155 Å². The van der Waals surface area contributed by atoms with Gasteiger partial charge in [-0.3, -0.25) is 10.1 Å². The molecule has 1 aromatic heterocycles. The lowest BCUT2D eigenvalue weighted by molar-refractivity contribution is -0.114. The Morgan fingerprint density at radius 1 is 1.32 bits per heavy atom. The van der Waals surface area contributed by atoms with Gasteiger partial charge in [0, 0.05) is 13.0 Å². The van der Waals surface area contributed by atoms with E-state index in [2.05, 4.69) is 20.7 Å².